The Morgan fingerprint density at radius 2 is 1.76 bits per heavy atom. The molecule has 6 nitrogen and oxygen atoms in total. The number of thiophene rings is 1. The molecule has 5 rings (SSSR count). The van der Waals surface area contributed by atoms with Crippen LogP contribution in [0, 0.1) is 6.92 Å². The summed E-state index contributed by atoms with van der Waals surface area (Å²) in [6.45, 7) is 5.74. The smallest absolute Gasteiger partial charge is 0.357 e. The first-order valence-electron chi connectivity index (χ1n) is 10.8. The number of hydrogen-bond donors (Lipinski definition) is 1. The molecule has 4 heterocycles. The Morgan fingerprint density at radius 1 is 1.03 bits per heavy atom. The number of aromatic nitrogens is 1. The highest BCUT2D eigenvalue weighted by molar-refractivity contribution is 7.21. The summed E-state index contributed by atoms with van der Waals surface area (Å²) in [7, 11) is 0. The molecule has 33 heavy (non-hydrogen) atoms. The van der Waals surface area contributed by atoms with Crippen LogP contribution in [-0.2, 0) is 6.18 Å². The van der Waals surface area contributed by atoms with E-state index < -0.39 is 11.7 Å². The first-order valence-corrected chi connectivity index (χ1v) is 11.6. The fourth-order valence-electron chi connectivity index (χ4n) is 4.53. The number of likely N-dealkylation sites (tertiary alicyclic amines) is 1. The van der Waals surface area contributed by atoms with Crippen LogP contribution < -0.4 is 0 Å². The molecule has 2 amide bonds. The van der Waals surface area contributed by atoms with E-state index in [1.54, 1.807) is 30.2 Å². The van der Waals surface area contributed by atoms with Gasteiger partial charge < -0.3 is 14.8 Å². The van der Waals surface area contributed by atoms with E-state index in [1.165, 1.54) is 6.07 Å². The lowest BCUT2D eigenvalue weighted by Gasteiger charge is -2.48. The van der Waals surface area contributed by atoms with Crippen molar-refractivity contribution < 1.29 is 22.8 Å². The Labute approximate surface area is 192 Å². The summed E-state index contributed by atoms with van der Waals surface area (Å²) in [5.74, 6) is -0.127. The second-order valence-corrected chi connectivity index (χ2v) is 9.59. The summed E-state index contributed by atoms with van der Waals surface area (Å²) in [5.41, 5.74) is 0.617. The van der Waals surface area contributed by atoms with Gasteiger partial charge in [0.25, 0.3) is 11.8 Å². The van der Waals surface area contributed by atoms with Crippen LogP contribution in [0.3, 0.4) is 0 Å². The molecule has 0 bridgehead atoms. The number of fused-ring (bicyclic) bond motifs is 1. The van der Waals surface area contributed by atoms with E-state index >= 15 is 0 Å². The average Bonchev–Trinajstić information content (AvgIpc) is 3.40. The molecular formula is C23H23F3N4O2S. The van der Waals surface area contributed by atoms with Crippen LogP contribution in [-0.4, -0.2) is 76.8 Å². The highest BCUT2D eigenvalue weighted by Gasteiger charge is 2.38. The first-order chi connectivity index (χ1) is 15.7. The third-order valence-corrected chi connectivity index (χ3v) is 7.80. The zero-order valence-corrected chi connectivity index (χ0v) is 18.8. The van der Waals surface area contributed by atoms with Gasteiger partial charge in [0.05, 0.1) is 10.4 Å². The summed E-state index contributed by atoms with van der Waals surface area (Å²) in [4.78, 5) is 34.8. The molecule has 0 aliphatic carbocycles. The molecule has 2 aromatic heterocycles. The lowest BCUT2D eigenvalue weighted by molar-refractivity contribution is -0.137. The predicted molar refractivity (Wildman–Crippen MR) is 120 cm³/mol. The standard InChI is InChI=1S/C23H23F3N4O2S/c1-14-17-5-4-15(23(24,25)26)11-19(17)33-20(14)22(32)30-12-16(13-30)28-7-9-29(10-8-28)21(31)18-3-2-6-27-18/h2-6,11,16,27H,7-10,12-13H2,1H3. The van der Waals surface area contributed by atoms with Crippen LogP contribution in [0.2, 0.25) is 0 Å². The highest BCUT2D eigenvalue weighted by atomic mass is 32.1. The monoisotopic (exact) mass is 476 g/mol. The van der Waals surface area contributed by atoms with Crippen molar-refractivity contribution in [2.24, 2.45) is 0 Å². The van der Waals surface area contributed by atoms with Crippen molar-refractivity contribution in [3.63, 3.8) is 0 Å². The van der Waals surface area contributed by atoms with Crippen molar-refractivity contribution >= 4 is 33.2 Å². The van der Waals surface area contributed by atoms with Crippen LogP contribution in [0.4, 0.5) is 13.2 Å². The van der Waals surface area contributed by atoms with Gasteiger partial charge >= 0.3 is 6.18 Å². The third-order valence-electron chi connectivity index (χ3n) is 6.56. The minimum atomic E-state index is -4.41. The van der Waals surface area contributed by atoms with Crippen LogP contribution in [0.15, 0.2) is 36.5 Å². The quantitative estimate of drug-likeness (QED) is 0.625. The van der Waals surface area contributed by atoms with Gasteiger partial charge in [-0.2, -0.15) is 13.2 Å². The number of nitrogens with zero attached hydrogens (tertiary/aromatic N) is 3. The van der Waals surface area contributed by atoms with Crippen LogP contribution in [0.1, 0.15) is 31.3 Å². The molecule has 0 spiro atoms. The number of halogens is 3. The normalized spacial score (nSPS) is 18.1. The molecule has 0 atom stereocenters. The van der Waals surface area contributed by atoms with Gasteiger partial charge in [-0.3, -0.25) is 14.5 Å². The number of alkyl halides is 3. The van der Waals surface area contributed by atoms with Crippen LogP contribution >= 0.6 is 11.3 Å². The molecular weight excluding hydrogens is 453 g/mol. The molecule has 2 fully saturated rings. The number of piperazine rings is 1. The number of nitrogens with one attached hydrogen (secondary N) is 1. The Hall–Kier alpha value is -2.85. The summed E-state index contributed by atoms with van der Waals surface area (Å²) in [6.07, 6.45) is -2.67. The van der Waals surface area contributed by atoms with Gasteiger partial charge in [0.1, 0.15) is 5.69 Å². The molecule has 174 valence electrons. The maximum Gasteiger partial charge on any atom is 0.416 e. The molecule has 10 heteroatoms. The fraction of sp³-hybridized carbons (Fsp3) is 0.391. The van der Waals surface area contributed by atoms with Gasteiger partial charge in [0.15, 0.2) is 0 Å². The maximum absolute atomic E-state index is 13.0. The predicted octanol–water partition coefficient (Wildman–Crippen LogP) is 3.84. The van der Waals surface area contributed by atoms with Crippen molar-refractivity contribution in [2.45, 2.75) is 19.1 Å². The third kappa shape index (κ3) is 4.02. The van der Waals surface area contributed by atoms with Crippen molar-refractivity contribution in [2.75, 3.05) is 39.3 Å². The van der Waals surface area contributed by atoms with E-state index in [0.29, 0.717) is 46.8 Å². The summed E-state index contributed by atoms with van der Waals surface area (Å²) in [5, 5.41) is 0.691. The summed E-state index contributed by atoms with van der Waals surface area (Å²) in [6, 6.07) is 7.45. The second kappa shape index (κ2) is 8.18. The fourth-order valence-corrected chi connectivity index (χ4v) is 5.74. The number of H-pyrrole nitrogens is 1. The lowest BCUT2D eigenvalue weighted by Crippen LogP contribution is -2.64. The largest absolute Gasteiger partial charge is 0.416 e. The Balaban J connectivity index is 1.19. The average molecular weight is 477 g/mol. The van der Waals surface area contributed by atoms with Gasteiger partial charge in [0, 0.05) is 56.2 Å². The molecule has 3 aromatic rings. The van der Waals surface area contributed by atoms with Crippen LogP contribution in [0.5, 0.6) is 0 Å². The Kier molecular flexibility index (Phi) is 5.44. The van der Waals surface area contributed by atoms with Gasteiger partial charge in [-0.25, -0.2) is 0 Å². The number of hydrogen-bond acceptors (Lipinski definition) is 4. The van der Waals surface area contributed by atoms with E-state index in [0.717, 1.165) is 42.1 Å². The topological polar surface area (TPSA) is 59.7 Å². The van der Waals surface area contributed by atoms with E-state index in [2.05, 4.69) is 9.88 Å². The van der Waals surface area contributed by atoms with Gasteiger partial charge in [-0.1, -0.05) is 6.07 Å². The minimum absolute atomic E-state index is 0.000944. The maximum atomic E-state index is 13.0. The molecule has 0 unspecified atom stereocenters. The van der Waals surface area contributed by atoms with Crippen molar-refractivity contribution in [3.8, 4) is 0 Å². The number of benzene rings is 1. The number of aryl methyl sites for hydroxylation is 1. The zero-order valence-electron chi connectivity index (χ0n) is 18.0. The molecule has 2 aliphatic heterocycles. The number of aromatic amines is 1. The SMILES string of the molecule is Cc1c(C(=O)N2CC(N3CCN(C(=O)c4ccc[nH]4)CC3)C2)sc2cc(C(F)(F)F)ccc12. The molecule has 0 saturated carbocycles. The Bertz CT molecular complexity index is 1190. The highest BCUT2D eigenvalue weighted by Crippen LogP contribution is 2.37. The second-order valence-electron chi connectivity index (χ2n) is 8.54. The summed E-state index contributed by atoms with van der Waals surface area (Å²) >= 11 is 1.13. The van der Waals surface area contributed by atoms with Gasteiger partial charge in [-0.15, -0.1) is 11.3 Å². The molecule has 0 radical (unpaired) electrons. The minimum Gasteiger partial charge on any atom is -0.357 e. The van der Waals surface area contributed by atoms with Crippen molar-refractivity contribution in [3.05, 3.63) is 58.2 Å². The molecule has 2 saturated heterocycles. The molecule has 1 N–H and O–H groups in total. The van der Waals surface area contributed by atoms with Crippen molar-refractivity contribution in [1.29, 1.82) is 0 Å². The van der Waals surface area contributed by atoms with Crippen LogP contribution in [0.25, 0.3) is 10.1 Å². The first kappa shape index (κ1) is 22.0. The van der Waals surface area contributed by atoms with Gasteiger partial charge in [0.2, 0.25) is 0 Å². The van der Waals surface area contributed by atoms with E-state index in [-0.39, 0.29) is 17.9 Å². The van der Waals surface area contributed by atoms with Crippen molar-refractivity contribution in [1.82, 2.24) is 19.7 Å². The van der Waals surface area contributed by atoms with Gasteiger partial charge in [-0.05, 0) is 42.1 Å². The van der Waals surface area contributed by atoms with E-state index in [9.17, 15) is 22.8 Å². The lowest BCUT2D eigenvalue weighted by atomic mass is 10.0. The summed E-state index contributed by atoms with van der Waals surface area (Å²) < 4.78 is 39.6. The number of amides is 2. The Morgan fingerprint density at radius 3 is 2.39 bits per heavy atom. The molecule has 1 aromatic carbocycles. The zero-order chi connectivity index (χ0) is 23.3. The number of carbonyl (C=O) groups excluding carboxylic acids is 2. The van der Waals surface area contributed by atoms with E-state index in [4.69, 9.17) is 0 Å². The number of rotatable bonds is 3. The number of carbonyl (C=O) groups is 2. The molecule has 2 aliphatic rings. The van der Waals surface area contributed by atoms with E-state index in [1.807, 2.05) is 4.90 Å².